The average Bonchev–Trinajstić information content (AvgIpc) is 2.96. The zero-order chi connectivity index (χ0) is 20.5. The van der Waals surface area contributed by atoms with Gasteiger partial charge in [-0.2, -0.15) is 0 Å². The predicted octanol–water partition coefficient (Wildman–Crippen LogP) is 6.05. The first-order valence-electron chi connectivity index (χ1n) is 12.5. The highest BCUT2D eigenvalue weighted by atomic mass is 16.3. The van der Waals surface area contributed by atoms with Crippen molar-refractivity contribution in [3.05, 3.63) is 0 Å². The number of rotatable bonds is 3. The Balaban J connectivity index is 1.72. The summed E-state index contributed by atoms with van der Waals surface area (Å²) in [4.78, 5) is 0. The molecule has 162 valence electrons. The fraction of sp³-hybridized carbons (Fsp3) is 1.00. The van der Waals surface area contributed by atoms with Crippen LogP contribution >= 0.6 is 0 Å². The zero-order valence-corrected chi connectivity index (χ0v) is 19.4. The highest BCUT2D eigenvalue weighted by molar-refractivity contribution is 5.18. The van der Waals surface area contributed by atoms with Gasteiger partial charge in [0.2, 0.25) is 0 Å². The van der Waals surface area contributed by atoms with Crippen molar-refractivity contribution in [2.24, 2.45) is 51.8 Å². The van der Waals surface area contributed by atoms with E-state index in [2.05, 4.69) is 41.5 Å². The van der Waals surface area contributed by atoms with Crippen LogP contribution in [0.4, 0.5) is 0 Å². The van der Waals surface area contributed by atoms with Gasteiger partial charge in [-0.1, -0.05) is 60.8 Å². The van der Waals surface area contributed by atoms with Crippen LogP contribution in [0, 0.1) is 51.8 Å². The molecule has 2 nitrogen and oxygen atoms in total. The third kappa shape index (κ3) is 2.65. The number of hydrogen-bond acceptors (Lipinski definition) is 2. The van der Waals surface area contributed by atoms with Crippen LogP contribution in [0.15, 0.2) is 0 Å². The smallest absolute Gasteiger partial charge is 0.0604 e. The van der Waals surface area contributed by atoms with E-state index in [0.29, 0.717) is 29.6 Å². The SMILES string of the molecule is CCCC(C)C1CCC2[C@@H]3[C@H](O)C[C@@H]4C[C@@H](C)CC[C@]4(C)[C@@]3(C)C[C@H](O)[C@]12C. The summed E-state index contributed by atoms with van der Waals surface area (Å²) in [7, 11) is 0. The lowest BCUT2D eigenvalue weighted by Gasteiger charge is -2.69. The fourth-order valence-corrected chi connectivity index (χ4v) is 9.54. The summed E-state index contributed by atoms with van der Waals surface area (Å²) in [5, 5.41) is 23.2. The lowest BCUT2D eigenvalue weighted by Crippen LogP contribution is -2.67. The molecule has 0 amide bonds. The van der Waals surface area contributed by atoms with E-state index in [1.165, 1.54) is 44.9 Å². The molecule has 4 aliphatic carbocycles. The molecule has 2 N–H and O–H groups in total. The van der Waals surface area contributed by atoms with Crippen molar-refractivity contribution >= 4 is 0 Å². The van der Waals surface area contributed by atoms with E-state index in [0.717, 1.165) is 18.8 Å². The molecule has 0 aliphatic heterocycles. The van der Waals surface area contributed by atoms with Crippen LogP contribution in [-0.4, -0.2) is 22.4 Å². The van der Waals surface area contributed by atoms with E-state index in [9.17, 15) is 10.2 Å². The fourth-order valence-electron chi connectivity index (χ4n) is 9.54. The summed E-state index contributed by atoms with van der Waals surface area (Å²) in [6.07, 6.45) is 10.3. The van der Waals surface area contributed by atoms with Gasteiger partial charge in [0.25, 0.3) is 0 Å². The molecule has 0 saturated heterocycles. The number of aliphatic hydroxyl groups excluding tert-OH is 2. The van der Waals surface area contributed by atoms with E-state index < -0.39 is 0 Å². The molecule has 4 saturated carbocycles. The first-order chi connectivity index (χ1) is 13.1. The molecule has 0 spiro atoms. The Bertz CT molecular complexity index is 589. The van der Waals surface area contributed by atoms with E-state index in [-0.39, 0.29) is 28.5 Å². The molecule has 0 radical (unpaired) electrons. The van der Waals surface area contributed by atoms with Crippen molar-refractivity contribution in [1.29, 1.82) is 0 Å². The van der Waals surface area contributed by atoms with Crippen molar-refractivity contribution in [3.63, 3.8) is 0 Å². The van der Waals surface area contributed by atoms with E-state index in [4.69, 9.17) is 0 Å². The maximum Gasteiger partial charge on any atom is 0.0604 e. The number of hydrogen-bond donors (Lipinski definition) is 2. The Kier molecular flexibility index (Phi) is 5.27. The first-order valence-corrected chi connectivity index (χ1v) is 12.5. The maximum atomic E-state index is 11.7. The van der Waals surface area contributed by atoms with Gasteiger partial charge in [-0.3, -0.25) is 0 Å². The molecule has 4 fully saturated rings. The van der Waals surface area contributed by atoms with Gasteiger partial charge >= 0.3 is 0 Å². The van der Waals surface area contributed by atoms with Gasteiger partial charge in [0.1, 0.15) is 0 Å². The van der Waals surface area contributed by atoms with Crippen LogP contribution in [0.25, 0.3) is 0 Å². The minimum atomic E-state index is -0.215. The molecule has 3 unspecified atom stereocenters. The Hall–Kier alpha value is -0.0800. The second kappa shape index (κ2) is 6.98. The number of aliphatic hydroxyl groups is 2. The molecule has 0 aromatic rings. The number of fused-ring (bicyclic) bond motifs is 5. The monoisotopic (exact) mass is 390 g/mol. The Morgan fingerprint density at radius 1 is 1.00 bits per heavy atom. The molecule has 0 aromatic heterocycles. The van der Waals surface area contributed by atoms with Crippen molar-refractivity contribution in [2.45, 2.75) is 112 Å². The largest absolute Gasteiger partial charge is 0.393 e. The summed E-state index contributed by atoms with van der Waals surface area (Å²) in [5.74, 6) is 3.56. The summed E-state index contributed by atoms with van der Waals surface area (Å²) >= 11 is 0. The third-order valence-electron chi connectivity index (χ3n) is 11.3. The molecule has 28 heavy (non-hydrogen) atoms. The van der Waals surface area contributed by atoms with Crippen LogP contribution in [0.5, 0.6) is 0 Å². The van der Waals surface area contributed by atoms with Crippen LogP contribution < -0.4 is 0 Å². The lowest BCUT2D eigenvalue weighted by atomic mass is 9.37. The molecule has 11 atom stereocenters. The second-order valence-corrected chi connectivity index (χ2v) is 12.4. The third-order valence-corrected chi connectivity index (χ3v) is 11.3. The average molecular weight is 391 g/mol. The van der Waals surface area contributed by atoms with E-state index >= 15 is 0 Å². The van der Waals surface area contributed by atoms with Gasteiger partial charge in [-0.25, -0.2) is 0 Å². The van der Waals surface area contributed by atoms with Crippen molar-refractivity contribution in [2.75, 3.05) is 0 Å². The van der Waals surface area contributed by atoms with Crippen molar-refractivity contribution in [1.82, 2.24) is 0 Å². The van der Waals surface area contributed by atoms with Crippen molar-refractivity contribution < 1.29 is 10.2 Å². The molecule has 4 rings (SSSR count). The summed E-state index contributed by atoms with van der Waals surface area (Å²) < 4.78 is 0. The lowest BCUT2D eigenvalue weighted by molar-refractivity contribution is -0.249. The topological polar surface area (TPSA) is 40.5 Å². The second-order valence-electron chi connectivity index (χ2n) is 12.4. The highest BCUT2D eigenvalue weighted by Gasteiger charge is 2.70. The Morgan fingerprint density at radius 2 is 1.71 bits per heavy atom. The minimum absolute atomic E-state index is 0.00903. The van der Waals surface area contributed by atoms with Crippen LogP contribution in [0.2, 0.25) is 0 Å². The maximum absolute atomic E-state index is 11.7. The summed E-state index contributed by atoms with van der Waals surface area (Å²) in [6, 6.07) is 0. The Labute approximate surface area is 173 Å². The molecular weight excluding hydrogens is 344 g/mol. The first kappa shape index (κ1) is 21.2. The molecule has 0 heterocycles. The van der Waals surface area contributed by atoms with Gasteiger partial charge < -0.3 is 10.2 Å². The summed E-state index contributed by atoms with van der Waals surface area (Å²) in [5.41, 5.74) is 0.339. The van der Waals surface area contributed by atoms with Gasteiger partial charge in [0, 0.05) is 0 Å². The summed E-state index contributed by atoms with van der Waals surface area (Å²) in [6.45, 7) is 14.5. The van der Waals surface area contributed by atoms with Crippen LogP contribution in [0.1, 0.15) is 99.3 Å². The minimum Gasteiger partial charge on any atom is -0.393 e. The molecule has 0 bridgehead atoms. The normalized spacial score (nSPS) is 57.2. The van der Waals surface area contributed by atoms with Gasteiger partial charge in [-0.15, -0.1) is 0 Å². The van der Waals surface area contributed by atoms with Crippen molar-refractivity contribution in [3.8, 4) is 0 Å². The molecular formula is C26H46O2. The molecule has 4 aliphatic rings. The van der Waals surface area contributed by atoms with Gasteiger partial charge in [0.15, 0.2) is 0 Å². The zero-order valence-electron chi connectivity index (χ0n) is 19.4. The van der Waals surface area contributed by atoms with Gasteiger partial charge in [-0.05, 0) is 90.3 Å². The van der Waals surface area contributed by atoms with E-state index in [1.807, 2.05) is 0 Å². The molecule has 2 heteroatoms. The molecule has 0 aromatic carbocycles. The highest BCUT2D eigenvalue weighted by Crippen LogP contribution is 2.73. The van der Waals surface area contributed by atoms with Crippen LogP contribution in [-0.2, 0) is 0 Å². The predicted molar refractivity (Wildman–Crippen MR) is 116 cm³/mol. The quantitative estimate of drug-likeness (QED) is 0.616. The van der Waals surface area contributed by atoms with Gasteiger partial charge in [0.05, 0.1) is 12.2 Å². The van der Waals surface area contributed by atoms with E-state index in [1.54, 1.807) is 0 Å². The standard InChI is InChI=1S/C26H46O2/c1-7-8-17(3)19-9-10-20-23-21(27)14-18-13-16(2)11-12-24(18,4)25(23,5)15-22(28)26(19,20)6/h16-23,27-28H,7-15H2,1-6H3/t16-,17?,18-,19?,20?,21+,22-,23+,24-,25-,26+/m0/s1. The Morgan fingerprint density at radius 3 is 2.39 bits per heavy atom. The van der Waals surface area contributed by atoms with Crippen LogP contribution in [0.3, 0.4) is 0 Å².